The molecule has 0 atom stereocenters. The highest BCUT2D eigenvalue weighted by molar-refractivity contribution is 5.31. The number of aromatic nitrogens is 2. The van der Waals surface area contributed by atoms with Crippen LogP contribution >= 0.6 is 0 Å². The second kappa shape index (κ2) is 4.49. The Morgan fingerprint density at radius 1 is 1.44 bits per heavy atom. The van der Waals surface area contributed by atoms with Gasteiger partial charge in [-0.1, -0.05) is 18.2 Å². The van der Waals surface area contributed by atoms with Crippen molar-refractivity contribution in [3.63, 3.8) is 0 Å². The molecule has 0 amide bonds. The van der Waals surface area contributed by atoms with E-state index in [0.717, 1.165) is 11.3 Å². The van der Waals surface area contributed by atoms with Crippen molar-refractivity contribution in [3.05, 3.63) is 47.8 Å². The van der Waals surface area contributed by atoms with Gasteiger partial charge in [-0.15, -0.1) is 0 Å². The number of rotatable bonds is 3. The Hall–Kier alpha value is -2.28. The lowest BCUT2D eigenvalue weighted by molar-refractivity contribution is 0.219. The summed E-state index contributed by atoms with van der Waals surface area (Å²) < 4.78 is 7.16. The zero-order valence-corrected chi connectivity index (χ0v) is 8.92. The van der Waals surface area contributed by atoms with E-state index in [4.69, 9.17) is 10.00 Å². The molecule has 80 valence electrons. The molecule has 0 aliphatic heterocycles. The Kier molecular flexibility index (Phi) is 2.88. The number of nitrogens with zero attached hydrogens (tertiary/aromatic N) is 3. The van der Waals surface area contributed by atoms with Gasteiger partial charge in [0.2, 0.25) is 0 Å². The summed E-state index contributed by atoms with van der Waals surface area (Å²) in [5, 5.41) is 12.6. The normalized spacial score (nSPS) is 9.75. The minimum atomic E-state index is 0.312. The van der Waals surface area contributed by atoms with Crippen molar-refractivity contribution in [2.75, 3.05) is 0 Å². The molecule has 1 aromatic carbocycles. The predicted octanol–water partition coefficient (Wildman–Crippen LogP) is 2.10. The number of ether oxygens (including phenoxy) is 1. The Labute approximate surface area is 93.7 Å². The second-order valence-electron chi connectivity index (χ2n) is 3.42. The maximum atomic E-state index is 8.64. The lowest BCUT2D eigenvalue weighted by Crippen LogP contribution is -2.05. The van der Waals surface area contributed by atoms with Crippen LogP contribution in [0.4, 0.5) is 0 Å². The van der Waals surface area contributed by atoms with E-state index in [9.17, 15) is 0 Å². The fourth-order valence-corrected chi connectivity index (χ4v) is 1.35. The van der Waals surface area contributed by atoms with Gasteiger partial charge in [-0.05, 0) is 18.6 Å². The largest absolute Gasteiger partial charge is 0.471 e. The van der Waals surface area contributed by atoms with Gasteiger partial charge in [-0.2, -0.15) is 10.4 Å². The summed E-state index contributed by atoms with van der Waals surface area (Å²) in [7, 11) is 0. The quantitative estimate of drug-likeness (QED) is 0.784. The van der Waals surface area contributed by atoms with Gasteiger partial charge in [0.1, 0.15) is 11.8 Å². The van der Waals surface area contributed by atoms with E-state index in [1.807, 2.05) is 37.3 Å². The minimum Gasteiger partial charge on any atom is -0.471 e. The van der Waals surface area contributed by atoms with Crippen LogP contribution in [0.15, 0.2) is 36.7 Å². The standard InChI is InChI=1S/C12H11N3O/c1-10-4-2-3-5-12(10)16-9-15-8-11(6-13)7-14-15/h2-5,7-8H,9H2,1H3. The topological polar surface area (TPSA) is 50.8 Å². The van der Waals surface area contributed by atoms with Crippen LogP contribution in [0.5, 0.6) is 5.75 Å². The number of hydrogen-bond acceptors (Lipinski definition) is 3. The van der Waals surface area contributed by atoms with E-state index in [-0.39, 0.29) is 0 Å². The molecule has 0 fully saturated rings. The van der Waals surface area contributed by atoms with Crippen LogP contribution in [0, 0.1) is 18.3 Å². The van der Waals surface area contributed by atoms with Crippen molar-refractivity contribution in [1.29, 1.82) is 5.26 Å². The lowest BCUT2D eigenvalue weighted by Gasteiger charge is -2.08. The van der Waals surface area contributed by atoms with E-state index >= 15 is 0 Å². The monoisotopic (exact) mass is 213 g/mol. The first-order valence-electron chi connectivity index (χ1n) is 4.90. The molecule has 0 spiro atoms. The number of benzene rings is 1. The molecule has 0 bridgehead atoms. The van der Waals surface area contributed by atoms with Crippen molar-refractivity contribution in [2.24, 2.45) is 0 Å². The molecule has 1 aromatic heterocycles. The summed E-state index contributed by atoms with van der Waals surface area (Å²) in [6.07, 6.45) is 3.17. The Morgan fingerprint density at radius 2 is 2.25 bits per heavy atom. The summed E-state index contributed by atoms with van der Waals surface area (Å²) in [6.45, 7) is 2.30. The summed E-state index contributed by atoms with van der Waals surface area (Å²) >= 11 is 0. The zero-order chi connectivity index (χ0) is 11.4. The predicted molar refractivity (Wildman–Crippen MR) is 58.7 cm³/mol. The number of nitriles is 1. The molecule has 1 heterocycles. The molecule has 16 heavy (non-hydrogen) atoms. The molecule has 0 saturated heterocycles. The van der Waals surface area contributed by atoms with Crippen LogP contribution in [-0.2, 0) is 6.73 Å². The van der Waals surface area contributed by atoms with Crippen LogP contribution in [0.2, 0.25) is 0 Å². The van der Waals surface area contributed by atoms with Gasteiger partial charge in [-0.3, -0.25) is 0 Å². The third-order valence-electron chi connectivity index (χ3n) is 2.21. The van der Waals surface area contributed by atoms with Crippen LogP contribution in [-0.4, -0.2) is 9.78 Å². The molecule has 4 heteroatoms. The molecule has 2 aromatic rings. The first kappa shape index (κ1) is 10.2. The van der Waals surface area contributed by atoms with Crippen molar-refractivity contribution in [3.8, 4) is 11.8 Å². The van der Waals surface area contributed by atoms with Gasteiger partial charge >= 0.3 is 0 Å². The average molecular weight is 213 g/mol. The molecule has 0 aliphatic rings. The number of para-hydroxylation sites is 1. The molecule has 0 radical (unpaired) electrons. The summed E-state index contributed by atoms with van der Waals surface area (Å²) in [5.74, 6) is 0.830. The maximum Gasteiger partial charge on any atom is 0.180 e. The van der Waals surface area contributed by atoms with E-state index in [0.29, 0.717) is 12.3 Å². The van der Waals surface area contributed by atoms with Crippen LogP contribution in [0.3, 0.4) is 0 Å². The first-order valence-corrected chi connectivity index (χ1v) is 4.90. The molecular weight excluding hydrogens is 202 g/mol. The second-order valence-corrected chi connectivity index (χ2v) is 3.42. The van der Waals surface area contributed by atoms with E-state index in [2.05, 4.69) is 5.10 Å². The van der Waals surface area contributed by atoms with Gasteiger partial charge < -0.3 is 4.74 Å². The maximum absolute atomic E-state index is 8.64. The van der Waals surface area contributed by atoms with Crippen molar-refractivity contribution >= 4 is 0 Å². The lowest BCUT2D eigenvalue weighted by atomic mass is 10.2. The fraction of sp³-hybridized carbons (Fsp3) is 0.167. The summed E-state index contributed by atoms with van der Waals surface area (Å²) in [4.78, 5) is 0. The van der Waals surface area contributed by atoms with Crippen molar-refractivity contribution in [2.45, 2.75) is 13.7 Å². The van der Waals surface area contributed by atoms with Crippen molar-refractivity contribution < 1.29 is 4.74 Å². The van der Waals surface area contributed by atoms with Crippen LogP contribution < -0.4 is 4.74 Å². The Morgan fingerprint density at radius 3 is 2.94 bits per heavy atom. The summed E-state index contributed by atoms with van der Waals surface area (Å²) in [5.41, 5.74) is 1.61. The Bertz CT molecular complexity index is 525. The third kappa shape index (κ3) is 2.20. The number of hydrogen-bond donors (Lipinski definition) is 0. The highest BCUT2D eigenvalue weighted by atomic mass is 16.5. The molecule has 2 rings (SSSR count). The fourth-order valence-electron chi connectivity index (χ4n) is 1.35. The van der Waals surface area contributed by atoms with Gasteiger partial charge in [0.05, 0.1) is 11.8 Å². The molecule has 0 aliphatic carbocycles. The van der Waals surface area contributed by atoms with E-state index < -0.39 is 0 Å². The molecule has 0 saturated carbocycles. The minimum absolute atomic E-state index is 0.312. The molecule has 0 unspecified atom stereocenters. The summed E-state index contributed by atoms with van der Waals surface area (Å²) in [6, 6.07) is 9.79. The molecule has 0 N–H and O–H groups in total. The number of aryl methyl sites for hydroxylation is 1. The Balaban J connectivity index is 2.03. The average Bonchev–Trinajstić information content (AvgIpc) is 2.76. The van der Waals surface area contributed by atoms with Crippen molar-refractivity contribution in [1.82, 2.24) is 9.78 Å². The van der Waals surface area contributed by atoms with Gasteiger partial charge in [-0.25, -0.2) is 4.68 Å². The van der Waals surface area contributed by atoms with Crippen LogP contribution in [0.25, 0.3) is 0 Å². The third-order valence-corrected chi connectivity index (χ3v) is 2.21. The van der Waals surface area contributed by atoms with Gasteiger partial charge in [0, 0.05) is 6.20 Å². The SMILES string of the molecule is Cc1ccccc1OCn1cc(C#N)cn1. The van der Waals surface area contributed by atoms with Gasteiger partial charge in [0.15, 0.2) is 6.73 Å². The molecular formula is C12H11N3O. The first-order chi connectivity index (χ1) is 7.79. The van der Waals surface area contributed by atoms with Crippen LogP contribution in [0.1, 0.15) is 11.1 Å². The smallest absolute Gasteiger partial charge is 0.180 e. The van der Waals surface area contributed by atoms with E-state index in [1.165, 1.54) is 6.20 Å². The zero-order valence-electron chi connectivity index (χ0n) is 8.92. The molecule has 4 nitrogen and oxygen atoms in total. The van der Waals surface area contributed by atoms with Gasteiger partial charge in [0.25, 0.3) is 0 Å². The highest BCUT2D eigenvalue weighted by Gasteiger charge is 2.00. The highest BCUT2D eigenvalue weighted by Crippen LogP contribution is 2.16. The van der Waals surface area contributed by atoms with E-state index in [1.54, 1.807) is 10.9 Å².